The molecule has 0 spiro atoms. The number of nitrogens with zero attached hydrogens (tertiary/aromatic N) is 5. The van der Waals surface area contributed by atoms with Gasteiger partial charge in [0.05, 0.1) is 12.0 Å². The number of hydrogen-bond donors (Lipinski definition) is 2. The van der Waals surface area contributed by atoms with Gasteiger partial charge in [-0.1, -0.05) is 13.0 Å². The summed E-state index contributed by atoms with van der Waals surface area (Å²) in [4.78, 5) is 20.4. The molecule has 1 aromatic carbocycles. The second-order valence-corrected chi connectivity index (χ2v) is 12.1. The van der Waals surface area contributed by atoms with Crippen LogP contribution in [0, 0.1) is 5.92 Å². The van der Waals surface area contributed by atoms with Crippen LogP contribution in [0.2, 0.25) is 0 Å². The Hall–Kier alpha value is -3.33. The van der Waals surface area contributed by atoms with Crippen molar-refractivity contribution in [2.75, 3.05) is 16.8 Å². The second-order valence-electron chi connectivity index (χ2n) is 12.1. The summed E-state index contributed by atoms with van der Waals surface area (Å²) in [6.07, 6.45) is 7.16. The van der Waals surface area contributed by atoms with E-state index in [1.165, 1.54) is 6.42 Å². The molecule has 2 aliphatic carbocycles. The molecule has 8 nitrogen and oxygen atoms in total. The van der Waals surface area contributed by atoms with Gasteiger partial charge >= 0.3 is 0 Å². The third-order valence-corrected chi connectivity index (χ3v) is 9.05. The molecule has 3 aliphatic rings. The molecule has 206 valence electrons. The number of anilines is 2. The summed E-state index contributed by atoms with van der Waals surface area (Å²) in [6, 6.07) is 7.96. The molecular formula is C30H38FN7O. The molecule has 3 aromatic rings. The average Bonchev–Trinajstić information content (AvgIpc) is 3.47. The van der Waals surface area contributed by atoms with Gasteiger partial charge in [0.1, 0.15) is 30.5 Å². The highest BCUT2D eigenvalue weighted by molar-refractivity contribution is 6.10. The van der Waals surface area contributed by atoms with Crippen molar-refractivity contribution in [1.29, 1.82) is 0 Å². The van der Waals surface area contributed by atoms with Crippen LogP contribution in [0.15, 0.2) is 30.6 Å². The fraction of sp³-hybridized carbons (Fsp3) is 0.533. The van der Waals surface area contributed by atoms with E-state index in [1.807, 2.05) is 36.7 Å². The zero-order chi connectivity index (χ0) is 27.4. The van der Waals surface area contributed by atoms with Gasteiger partial charge in [0.25, 0.3) is 5.91 Å². The van der Waals surface area contributed by atoms with E-state index >= 15 is 0 Å². The molecule has 3 heterocycles. The lowest BCUT2D eigenvalue weighted by Crippen LogP contribution is -2.47. The number of rotatable bonds is 9. The van der Waals surface area contributed by atoms with Crippen LogP contribution in [0.25, 0.3) is 0 Å². The number of nitrogens with one attached hydrogen (secondary N) is 2. The maximum absolute atomic E-state index is 14.2. The highest BCUT2D eigenvalue weighted by Gasteiger charge is 2.49. The number of alkyl halides is 1. The topological polar surface area (TPSA) is 88.0 Å². The monoisotopic (exact) mass is 531 g/mol. The normalized spacial score (nSPS) is 23.4. The van der Waals surface area contributed by atoms with Gasteiger partial charge < -0.3 is 15.2 Å². The number of pyridine rings is 1. The zero-order valence-corrected chi connectivity index (χ0v) is 23.4. The SMILES string of the molecule is CCNc1cc(C2(c3nncn3C)CC(C)C2)cc(N2Cc3c(CF)cc(CNC4(C)CCC4)cc3C2=O)n1. The predicted octanol–water partition coefficient (Wildman–Crippen LogP) is 5.02. The quantitative estimate of drug-likeness (QED) is 0.403. The van der Waals surface area contributed by atoms with Crippen LogP contribution in [-0.4, -0.2) is 37.7 Å². The minimum Gasteiger partial charge on any atom is -0.370 e. The first-order valence-electron chi connectivity index (χ1n) is 14.1. The van der Waals surface area contributed by atoms with Crippen LogP contribution in [0.5, 0.6) is 0 Å². The molecule has 39 heavy (non-hydrogen) atoms. The van der Waals surface area contributed by atoms with E-state index in [1.54, 1.807) is 11.2 Å². The van der Waals surface area contributed by atoms with Gasteiger partial charge in [-0.3, -0.25) is 9.69 Å². The summed E-state index contributed by atoms with van der Waals surface area (Å²) >= 11 is 0. The molecule has 0 unspecified atom stereocenters. The Morgan fingerprint density at radius 1 is 1.18 bits per heavy atom. The molecule has 2 aromatic heterocycles. The van der Waals surface area contributed by atoms with E-state index in [0.717, 1.165) is 54.0 Å². The van der Waals surface area contributed by atoms with Crippen LogP contribution in [0.3, 0.4) is 0 Å². The molecule has 0 radical (unpaired) electrons. The van der Waals surface area contributed by atoms with Crippen molar-refractivity contribution < 1.29 is 9.18 Å². The number of benzene rings is 1. The summed E-state index contributed by atoms with van der Waals surface area (Å²) in [6.45, 7) is 7.55. The maximum Gasteiger partial charge on any atom is 0.260 e. The highest BCUT2D eigenvalue weighted by atomic mass is 19.1. The van der Waals surface area contributed by atoms with E-state index < -0.39 is 6.67 Å². The van der Waals surface area contributed by atoms with Gasteiger partial charge in [-0.15, -0.1) is 10.2 Å². The number of fused-ring (bicyclic) bond motifs is 1. The summed E-state index contributed by atoms with van der Waals surface area (Å²) < 4.78 is 16.2. The van der Waals surface area contributed by atoms with Gasteiger partial charge in [-0.25, -0.2) is 9.37 Å². The van der Waals surface area contributed by atoms with Crippen molar-refractivity contribution in [3.05, 3.63) is 64.2 Å². The molecule has 0 saturated heterocycles. The van der Waals surface area contributed by atoms with E-state index in [-0.39, 0.29) is 16.9 Å². The van der Waals surface area contributed by atoms with E-state index in [4.69, 9.17) is 4.98 Å². The van der Waals surface area contributed by atoms with Gasteiger partial charge in [0.2, 0.25) is 0 Å². The van der Waals surface area contributed by atoms with Gasteiger partial charge in [-0.2, -0.15) is 0 Å². The Kier molecular flexibility index (Phi) is 6.44. The Bertz CT molecular complexity index is 1410. The number of carbonyl (C=O) groups is 1. The lowest BCUT2D eigenvalue weighted by molar-refractivity contribution is 0.0995. The van der Waals surface area contributed by atoms with E-state index in [2.05, 4.69) is 40.7 Å². The van der Waals surface area contributed by atoms with E-state index in [9.17, 15) is 9.18 Å². The number of aryl methyl sites for hydroxylation is 1. The first-order valence-corrected chi connectivity index (χ1v) is 14.1. The van der Waals surface area contributed by atoms with Crippen molar-refractivity contribution in [3.8, 4) is 0 Å². The van der Waals surface area contributed by atoms with Crippen molar-refractivity contribution >= 4 is 17.5 Å². The number of hydrogen-bond acceptors (Lipinski definition) is 6. The molecular weight excluding hydrogens is 493 g/mol. The van der Waals surface area contributed by atoms with Gasteiger partial charge in [0.15, 0.2) is 0 Å². The molecule has 2 saturated carbocycles. The van der Waals surface area contributed by atoms with Crippen molar-refractivity contribution in [1.82, 2.24) is 25.1 Å². The standard InChI is InChI=1S/C30H38FN7O/c1-5-32-25-11-22(30(13-19(2)14-30)28-36-34-18-37(28)4)12-26(35-25)38-17-24-21(15-31)9-20(10-23(24)27(38)39)16-33-29(3)7-6-8-29/h9-12,18-19,33H,5-8,13-17H2,1-4H3,(H,32,35). The Balaban J connectivity index is 1.36. The van der Waals surface area contributed by atoms with Crippen molar-refractivity contribution in [3.63, 3.8) is 0 Å². The van der Waals surface area contributed by atoms with Gasteiger partial charge in [-0.05, 0) is 92.3 Å². The third-order valence-electron chi connectivity index (χ3n) is 9.05. The summed E-state index contributed by atoms with van der Waals surface area (Å²) in [5.41, 5.74) is 3.80. The highest BCUT2D eigenvalue weighted by Crippen LogP contribution is 2.52. The average molecular weight is 532 g/mol. The van der Waals surface area contributed by atoms with Crippen LogP contribution in [-0.2, 0) is 32.2 Å². The van der Waals surface area contributed by atoms with E-state index in [0.29, 0.717) is 42.5 Å². The first kappa shape index (κ1) is 25.9. The minimum atomic E-state index is -0.599. The fourth-order valence-electron chi connectivity index (χ4n) is 6.75. The summed E-state index contributed by atoms with van der Waals surface area (Å²) in [7, 11) is 1.98. The zero-order valence-electron chi connectivity index (χ0n) is 23.4. The molecule has 1 amide bonds. The maximum atomic E-state index is 14.2. The number of carbonyl (C=O) groups excluding carboxylic acids is 1. The Morgan fingerprint density at radius 2 is 1.97 bits per heavy atom. The summed E-state index contributed by atoms with van der Waals surface area (Å²) in [5, 5.41) is 15.6. The largest absolute Gasteiger partial charge is 0.370 e. The number of amides is 1. The molecule has 9 heteroatoms. The predicted molar refractivity (Wildman–Crippen MR) is 149 cm³/mol. The van der Waals surface area contributed by atoms with Crippen LogP contribution >= 0.6 is 0 Å². The molecule has 6 rings (SSSR count). The van der Waals surface area contributed by atoms with Crippen LogP contribution in [0.1, 0.15) is 91.3 Å². The van der Waals surface area contributed by atoms with Crippen molar-refractivity contribution in [2.45, 2.75) is 83.6 Å². The number of aromatic nitrogens is 4. The van der Waals surface area contributed by atoms with Crippen LogP contribution in [0.4, 0.5) is 16.0 Å². The van der Waals surface area contributed by atoms with Crippen molar-refractivity contribution in [2.24, 2.45) is 13.0 Å². The minimum absolute atomic E-state index is 0.127. The molecule has 2 N–H and O–H groups in total. The Morgan fingerprint density at radius 3 is 2.59 bits per heavy atom. The smallest absolute Gasteiger partial charge is 0.260 e. The van der Waals surface area contributed by atoms with Crippen LogP contribution < -0.4 is 15.5 Å². The molecule has 2 fully saturated rings. The molecule has 0 bridgehead atoms. The second kappa shape index (κ2) is 9.70. The number of halogens is 1. The molecule has 0 atom stereocenters. The lowest BCUT2D eigenvalue weighted by Gasteiger charge is -2.46. The Labute approximate surface area is 229 Å². The first-order chi connectivity index (χ1) is 18.7. The fourth-order valence-corrected chi connectivity index (χ4v) is 6.75. The lowest BCUT2D eigenvalue weighted by atomic mass is 9.58. The summed E-state index contributed by atoms with van der Waals surface area (Å²) in [5.74, 6) is 2.66. The molecule has 1 aliphatic heterocycles. The third kappa shape index (κ3) is 4.40. The van der Waals surface area contributed by atoms with Gasteiger partial charge in [0, 0.05) is 31.2 Å².